The maximum atomic E-state index is 12.4. The van der Waals surface area contributed by atoms with Crippen LogP contribution in [0.2, 0.25) is 0 Å². The summed E-state index contributed by atoms with van der Waals surface area (Å²) in [6, 6.07) is 13.3. The first kappa shape index (κ1) is 18.7. The molecule has 2 N–H and O–H groups in total. The van der Waals surface area contributed by atoms with E-state index in [2.05, 4.69) is 29.8 Å². The molecule has 0 aliphatic rings. The Hall–Kier alpha value is -2.62. The lowest BCUT2D eigenvalue weighted by atomic mass is 10.0. The monoisotopic (exact) mass is 356 g/mol. The molecule has 5 nitrogen and oxygen atoms in total. The highest BCUT2D eigenvalue weighted by atomic mass is 32.2. The fourth-order valence-electron chi connectivity index (χ4n) is 2.18. The number of carbonyl (C=O) groups excluding carboxylic acids is 1. The molecule has 0 fully saturated rings. The van der Waals surface area contributed by atoms with Gasteiger partial charge < -0.3 is 5.32 Å². The molecule has 0 radical (unpaired) electrons. The van der Waals surface area contributed by atoms with Crippen molar-refractivity contribution in [1.29, 1.82) is 0 Å². The van der Waals surface area contributed by atoms with E-state index in [1.807, 2.05) is 24.3 Å². The minimum Gasteiger partial charge on any atom is -0.322 e. The van der Waals surface area contributed by atoms with Gasteiger partial charge in [-0.05, 0) is 41.8 Å². The highest BCUT2D eigenvalue weighted by Crippen LogP contribution is 2.18. The zero-order chi connectivity index (χ0) is 18.4. The SMILES string of the molecule is C#CCNS(=O)(=O)c1cccc(C(=O)Nc2ccc(C(C)C)cc2)c1. The molecule has 0 saturated carbocycles. The fourth-order valence-corrected chi connectivity index (χ4v) is 3.16. The molecule has 25 heavy (non-hydrogen) atoms. The van der Waals surface area contributed by atoms with Gasteiger partial charge in [0.2, 0.25) is 10.0 Å². The third-order valence-electron chi connectivity index (χ3n) is 3.61. The van der Waals surface area contributed by atoms with E-state index in [1.165, 1.54) is 23.8 Å². The molecule has 2 aromatic rings. The first-order chi connectivity index (χ1) is 11.8. The first-order valence-corrected chi connectivity index (χ1v) is 9.26. The molecule has 130 valence electrons. The molecule has 0 spiro atoms. The summed E-state index contributed by atoms with van der Waals surface area (Å²) in [6.45, 7) is 4.07. The van der Waals surface area contributed by atoms with E-state index in [1.54, 1.807) is 6.07 Å². The van der Waals surface area contributed by atoms with Gasteiger partial charge in [0.15, 0.2) is 0 Å². The van der Waals surface area contributed by atoms with Crippen LogP contribution in [0.15, 0.2) is 53.4 Å². The molecule has 0 aliphatic carbocycles. The molecule has 0 unspecified atom stereocenters. The number of terminal acetylenes is 1. The number of hydrogen-bond acceptors (Lipinski definition) is 3. The lowest BCUT2D eigenvalue weighted by molar-refractivity contribution is 0.102. The van der Waals surface area contributed by atoms with Crippen LogP contribution in [0.3, 0.4) is 0 Å². The van der Waals surface area contributed by atoms with Crippen molar-refractivity contribution in [3.05, 3.63) is 59.7 Å². The Balaban J connectivity index is 2.17. The molecule has 0 saturated heterocycles. The number of carbonyl (C=O) groups is 1. The van der Waals surface area contributed by atoms with Crippen LogP contribution in [0.1, 0.15) is 35.7 Å². The highest BCUT2D eigenvalue weighted by Gasteiger charge is 2.15. The summed E-state index contributed by atoms with van der Waals surface area (Å²) in [6.07, 6.45) is 5.07. The summed E-state index contributed by atoms with van der Waals surface area (Å²) in [7, 11) is -3.74. The van der Waals surface area contributed by atoms with E-state index >= 15 is 0 Å². The van der Waals surface area contributed by atoms with Crippen LogP contribution in [0.5, 0.6) is 0 Å². The normalized spacial score (nSPS) is 11.1. The van der Waals surface area contributed by atoms with Gasteiger partial charge in [-0.2, -0.15) is 4.72 Å². The van der Waals surface area contributed by atoms with Crippen molar-refractivity contribution in [1.82, 2.24) is 4.72 Å². The quantitative estimate of drug-likeness (QED) is 0.782. The number of amides is 1. The zero-order valence-electron chi connectivity index (χ0n) is 14.1. The van der Waals surface area contributed by atoms with Crippen LogP contribution in [0, 0.1) is 12.3 Å². The second-order valence-electron chi connectivity index (χ2n) is 5.79. The Morgan fingerprint density at radius 1 is 1.16 bits per heavy atom. The van der Waals surface area contributed by atoms with Crippen LogP contribution in [0.4, 0.5) is 5.69 Å². The zero-order valence-corrected chi connectivity index (χ0v) is 14.9. The number of sulfonamides is 1. The molecular formula is C19H20N2O3S. The van der Waals surface area contributed by atoms with Gasteiger partial charge in [0.05, 0.1) is 11.4 Å². The summed E-state index contributed by atoms with van der Waals surface area (Å²) in [5.74, 6) is 2.23. The van der Waals surface area contributed by atoms with Crippen LogP contribution in [-0.4, -0.2) is 20.9 Å². The first-order valence-electron chi connectivity index (χ1n) is 7.78. The van der Waals surface area contributed by atoms with Gasteiger partial charge in [0.25, 0.3) is 5.91 Å². The predicted molar refractivity (Wildman–Crippen MR) is 98.9 cm³/mol. The van der Waals surface area contributed by atoms with Gasteiger partial charge in [-0.1, -0.05) is 38.0 Å². The Morgan fingerprint density at radius 3 is 2.44 bits per heavy atom. The predicted octanol–water partition coefficient (Wildman–Crippen LogP) is 2.97. The van der Waals surface area contributed by atoms with Gasteiger partial charge >= 0.3 is 0 Å². The van der Waals surface area contributed by atoms with Crippen LogP contribution >= 0.6 is 0 Å². The topological polar surface area (TPSA) is 75.3 Å². The molecule has 6 heteroatoms. The summed E-state index contributed by atoms with van der Waals surface area (Å²) in [4.78, 5) is 12.4. The Bertz CT molecular complexity index is 895. The third-order valence-corrected chi connectivity index (χ3v) is 5.00. The van der Waals surface area contributed by atoms with E-state index in [0.29, 0.717) is 11.6 Å². The van der Waals surface area contributed by atoms with E-state index in [-0.39, 0.29) is 22.9 Å². The molecule has 2 rings (SSSR count). The summed E-state index contributed by atoms with van der Waals surface area (Å²) in [5.41, 5.74) is 2.07. The number of hydrogen-bond donors (Lipinski definition) is 2. The number of benzene rings is 2. The van der Waals surface area contributed by atoms with Crippen molar-refractivity contribution in [2.24, 2.45) is 0 Å². The molecule has 0 bridgehead atoms. The standard InChI is InChI=1S/C19H20N2O3S/c1-4-12-20-25(23,24)18-7-5-6-16(13-18)19(22)21-17-10-8-15(9-11-17)14(2)3/h1,5-11,13-14,20H,12H2,2-3H3,(H,21,22). The number of nitrogens with one attached hydrogen (secondary N) is 2. The maximum Gasteiger partial charge on any atom is 0.255 e. The molecule has 0 aliphatic heterocycles. The minimum atomic E-state index is -3.74. The second-order valence-corrected chi connectivity index (χ2v) is 7.55. The van der Waals surface area contributed by atoms with Crippen LogP contribution in [-0.2, 0) is 10.0 Å². The summed E-state index contributed by atoms with van der Waals surface area (Å²) >= 11 is 0. The van der Waals surface area contributed by atoms with Gasteiger partial charge in [0.1, 0.15) is 0 Å². The van der Waals surface area contributed by atoms with E-state index in [4.69, 9.17) is 6.42 Å². The molecule has 2 aromatic carbocycles. The minimum absolute atomic E-state index is 0.00874. The van der Waals surface area contributed by atoms with Crippen molar-refractivity contribution in [2.45, 2.75) is 24.7 Å². The van der Waals surface area contributed by atoms with E-state index in [9.17, 15) is 13.2 Å². The van der Waals surface area contributed by atoms with Crippen molar-refractivity contribution >= 4 is 21.6 Å². The lowest BCUT2D eigenvalue weighted by Crippen LogP contribution is -2.24. The van der Waals surface area contributed by atoms with Gasteiger partial charge in [-0.15, -0.1) is 6.42 Å². The molecular weight excluding hydrogens is 336 g/mol. The Labute approximate surface area is 148 Å². The third kappa shape index (κ3) is 4.92. The van der Waals surface area contributed by atoms with Gasteiger partial charge in [-0.25, -0.2) is 8.42 Å². The van der Waals surface area contributed by atoms with E-state index in [0.717, 1.165) is 0 Å². The average Bonchev–Trinajstić information content (AvgIpc) is 2.60. The van der Waals surface area contributed by atoms with Crippen molar-refractivity contribution in [3.8, 4) is 12.3 Å². The number of rotatable bonds is 6. The maximum absolute atomic E-state index is 12.4. The van der Waals surface area contributed by atoms with Crippen molar-refractivity contribution in [3.63, 3.8) is 0 Å². The number of anilines is 1. The smallest absolute Gasteiger partial charge is 0.255 e. The Kier molecular flexibility index (Phi) is 5.97. The van der Waals surface area contributed by atoms with Gasteiger partial charge in [-0.3, -0.25) is 4.79 Å². The van der Waals surface area contributed by atoms with Crippen LogP contribution < -0.4 is 10.0 Å². The average molecular weight is 356 g/mol. The molecule has 1 amide bonds. The summed E-state index contributed by atoms with van der Waals surface area (Å²) in [5, 5.41) is 2.76. The largest absolute Gasteiger partial charge is 0.322 e. The van der Waals surface area contributed by atoms with Gasteiger partial charge in [0, 0.05) is 11.3 Å². The molecule has 0 heterocycles. The summed E-state index contributed by atoms with van der Waals surface area (Å²) < 4.78 is 26.4. The van der Waals surface area contributed by atoms with Crippen molar-refractivity contribution in [2.75, 3.05) is 11.9 Å². The Morgan fingerprint density at radius 2 is 1.84 bits per heavy atom. The lowest BCUT2D eigenvalue weighted by Gasteiger charge is -2.09. The molecule has 0 atom stereocenters. The van der Waals surface area contributed by atoms with Crippen molar-refractivity contribution < 1.29 is 13.2 Å². The second kappa shape index (κ2) is 7.97. The van der Waals surface area contributed by atoms with Crippen LogP contribution in [0.25, 0.3) is 0 Å². The molecule has 0 aromatic heterocycles. The fraction of sp³-hybridized carbons (Fsp3) is 0.211. The van der Waals surface area contributed by atoms with E-state index < -0.39 is 10.0 Å². The highest BCUT2D eigenvalue weighted by molar-refractivity contribution is 7.89.